The Labute approximate surface area is 127 Å². The maximum Gasteiger partial charge on any atom is 0.0716 e. The molecule has 110 valence electrons. The summed E-state index contributed by atoms with van der Waals surface area (Å²) in [6.45, 7) is 1.58. The van der Waals surface area contributed by atoms with Crippen molar-refractivity contribution in [1.29, 1.82) is 0 Å². The first kappa shape index (κ1) is 14.3. The van der Waals surface area contributed by atoms with Crippen LogP contribution in [-0.2, 0) is 17.9 Å². The number of methoxy groups -OCH3 is 1. The van der Waals surface area contributed by atoms with Gasteiger partial charge in [0.05, 0.1) is 6.61 Å². The first-order valence-electron chi connectivity index (χ1n) is 7.72. The van der Waals surface area contributed by atoms with Gasteiger partial charge in [0.25, 0.3) is 0 Å². The third-order valence-corrected chi connectivity index (χ3v) is 4.18. The van der Waals surface area contributed by atoms with Crippen LogP contribution >= 0.6 is 0 Å². The van der Waals surface area contributed by atoms with Gasteiger partial charge in [0.1, 0.15) is 0 Å². The van der Waals surface area contributed by atoms with Crippen molar-refractivity contribution in [3.63, 3.8) is 0 Å². The zero-order valence-electron chi connectivity index (χ0n) is 12.6. The second-order valence-electron chi connectivity index (χ2n) is 5.81. The van der Waals surface area contributed by atoms with Gasteiger partial charge >= 0.3 is 0 Å². The minimum absolute atomic E-state index is 0.474. The van der Waals surface area contributed by atoms with Crippen molar-refractivity contribution in [1.82, 2.24) is 5.32 Å². The second-order valence-corrected chi connectivity index (χ2v) is 5.81. The molecule has 1 fully saturated rings. The smallest absolute Gasteiger partial charge is 0.0716 e. The van der Waals surface area contributed by atoms with Crippen molar-refractivity contribution in [3.05, 3.63) is 71.3 Å². The molecule has 0 radical (unpaired) electrons. The fourth-order valence-electron chi connectivity index (χ4n) is 2.89. The quantitative estimate of drug-likeness (QED) is 0.826. The molecule has 1 aliphatic carbocycles. The molecular formula is C19H23NO. The molecule has 1 N–H and O–H groups in total. The van der Waals surface area contributed by atoms with Gasteiger partial charge in [-0.3, -0.25) is 0 Å². The zero-order valence-corrected chi connectivity index (χ0v) is 12.6. The van der Waals surface area contributed by atoms with Crippen LogP contribution in [0.1, 0.15) is 35.6 Å². The standard InChI is InChI=1S/C19H23NO/c1-21-14-18-10-6-5-9-17(18)13-20-19(16-11-12-16)15-7-3-2-4-8-15/h2-10,16,19-20H,11-14H2,1H3. The first-order chi connectivity index (χ1) is 10.4. The van der Waals surface area contributed by atoms with E-state index < -0.39 is 0 Å². The third kappa shape index (κ3) is 3.72. The summed E-state index contributed by atoms with van der Waals surface area (Å²) in [6.07, 6.45) is 2.68. The highest BCUT2D eigenvalue weighted by Crippen LogP contribution is 2.41. The highest BCUT2D eigenvalue weighted by atomic mass is 16.5. The Morgan fingerprint density at radius 3 is 2.33 bits per heavy atom. The summed E-state index contributed by atoms with van der Waals surface area (Å²) in [6, 6.07) is 19.8. The van der Waals surface area contributed by atoms with Crippen LogP contribution in [0.2, 0.25) is 0 Å². The summed E-state index contributed by atoms with van der Waals surface area (Å²) in [5.74, 6) is 0.794. The van der Waals surface area contributed by atoms with Crippen molar-refractivity contribution in [2.24, 2.45) is 5.92 Å². The summed E-state index contributed by atoms with van der Waals surface area (Å²) >= 11 is 0. The molecule has 1 atom stereocenters. The largest absolute Gasteiger partial charge is 0.380 e. The summed E-state index contributed by atoms with van der Waals surface area (Å²) in [5, 5.41) is 3.76. The van der Waals surface area contributed by atoms with Gasteiger partial charge in [0.2, 0.25) is 0 Å². The average molecular weight is 281 g/mol. The Balaban J connectivity index is 1.70. The predicted octanol–water partition coefficient (Wildman–Crippen LogP) is 4.07. The van der Waals surface area contributed by atoms with E-state index in [0.29, 0.717) is 12.6 Å². The van der Waals surface area contributed by atoms with Gasteiger partial charge in [0, 0.05) is 19.7 Å². The van der Waals surface area contributed by atoms with Crippen molar-refractivity contribution in [3.8, 4) is 0 Å². The maximum absolute atomic E-state index is 5.29. The number of nitrogens with one attached hydrogen (secondary N) is 1. The Morgan fingerprint density at radius 2 is 1.67 bits per heavy atom. The van der Waals surface area contributed by atoms with Gasteiger partial charge < -0.3 is 10.1 Å². The van der Waals surface area contributed by atoms with Gasteiger partial charge in [-0.05, 0) is 35.4 Å². The lowest BCUT2D eigenvalue weighted by Gasteiger charge is -2.20. The molecule has 0 saturated heterocycles. The monoisotopic (exact) mass is 281 g/mol. The molecule has 0 heterocycles. The molecule has 2 heteroatoms. The van der Waals surface area contributed by atoms with Crippen LogP contribution in [0.3, 0.4) is 0 Å². The first-order valence-corrected chi connectivity index (χ1v) is 7.72. The van der Waals surface area contributed by atoms with Crippen molar-refractivity contribution in [2.45, 2.75) is 32.0 Å². The molecular weight excluding hydrogens is 258 g/mol. The van der Waals surface area contributed by atoms with Gasteiger partial charge in [-0.2, -0.15) is 0 Å². The average Bonchev–Trinajstić information content (AvgIpc) is 3.35. The molecule has 0 aliphatic heterocycles. The topological polar surface area (TPSA) is 21.3 Å². The van der Waals surface area contributed by atoms with Crippen LogP contribution in [-0.4, -0.2) is 7.11 Å². The molecule has 1 saturated carbocycles. The normalized spacial score (nSPS) is 15.9. The van der Waals surface area contributed by atoms with Crippen LogP contribution in [0.5, 0.6) is 0 Å². The minimum Gasteiger partial charge on any atom is -0.380 e. The van der Waals surface area contributed by atoms with E-state index in [1.807, 2.05) is 0 Å². The predicted molar refractivity (Wildman–Crippen MR) is 85.9 cm³/mol. The van der Waals surface area contributed by atoms with E-state index in [2.05, 4.69) is 59.9 Å². The second kappa shape index (κ2) is 6.88. The molecule has 2 nitrogen and oxygen atoms in total. The van der Waals surface area contributed by atoms with E-state index in [4.69, 9.17) is 4.74 Å². The van der Waals surface area contributed by atoms with E-state index in [1.54, 1.807) is 7.11 Å². The van der Waals surface area contributed by atoms with Crippen molar-refractivity contribution in [2.75, 3.05) is 7.11 Å². The Bertz CT molecular complexity index is 563. The van der Waals surface area contributed by atoms with Gasteiger partial charge in [-0.15, -0.1) is 0 Å². The van der Waals surface area contributed by atoms with Crippen LogP contribution < -0.4 is 5.32 Å². The third-order valence-electron chi connectivity index (χ3n) is 4.18. The van der Waals surface area contributed by atoms with E-state index in [-0.39, 0.29) is 0 Å². The number of benzene rings is 2. The molecule has 3 rings (SSSR count). The molecule has 0 bridgehead atoms. The van der Waals surface area contributed by atoms with E-state index >= 15 is 0 Å². The van der Waals surface area contributed by atoms with E-state index in [9.17, 15) is 0 Å². The molecule has 21 heavy (non-hydrogen) atoms. The van der Waals surface area contributed by atoms with Crippen LogP contribution in [0.15, 0.2) is 54.6 Å². The fraction of sp³-hybridized carbons (Fsp3) is 0.368. The lowest BCUT2D eigenvalue weighted by molar-refractivity contribution is 0.184. The lowest BCUT2D eigenvalue weighted by atomic mass is 10.0. The molecule has 2 aromatic rings. The molecule has 1 unspecified atom stereocenters. The Kier molecular flexibility index (Phi) is 4.69. The molecule has 0 spiro atoms. The summed E-state index contributed by atoms with van der Waals surface area (Å²) < 4.78 is 5.29. The zero-order chi connectivity index (χ0) is 14.5. The molecule has 1 aliphatic rings. The van der Waals surface area contributed by atoms with Crippen LogP contribution in [0, 0.1) is 5.92 Å². The molecule has 2 aromatic carbocycles. The summed E-state index contributed by atoms with van der Waals surface area (Å²) in [7, 11) is 1.75. The molecule has 0 aromatic heterocycles. The van der Waals surface area contributed by atoms with Gasteiger partial charge in [-0.25, -0.2) is 0 Å². The van der Waals surface area contributed by atoms with Crippen LogP contribution in [0.4, 0.5) is 0 Å². The highest BCUT2D eigenvalue weighted by Gasteiger charge is 2.31. The molecule has 0 amide bonds. The fourth-order valence-corrected chi connectivity index (χ4v) is 2.89. The van der Waals surface area contributed by atoms with Crippen molar-refractivity contribution >= 4 is 0 Å². The van der Waals surface area contributed by atoms with Crippen LogP contribution in [0.25, 0.3) is 0 Å². The summed E-state index contributed by atoms with van der Waals surface area (Å²) in [4.78, 5) is 0. The maximum atomic E-state index is 5.29. The van der Waals surface area contributed by atoms with E-state index in [0.717, 1.165) is 12.5 Å². The number of ether oxygens (including phenoxy) is 1. The SMILES string of the molecule is COCc1ccccc1CNC(c1ccccc1)C1CC1. The lowest BCUT2D eigenvalue weighted by Crippen LogP contribution is -2.23. The Hall–Kier alpha value is -1.64. The number of rotatable bonds is 7. The number of hydrogen-bond donors (Lipinski definition) is 1. The van der Waals surface area contributed by atoms with Crippen molar-refractivity contribution < 1.29 is 4.74 Å². The highest BCUT2D eigenvalue weighted by molar-refractivity contribution is 5.27. The Morgan fingerprint density at radius 1 is 1.00 bits per heavy atom. The summed E-state index contributed by atoms with van der Waals surface area (Å²) in [5.41, 5.74) is 4.01. The number of hydrogen-bond acceptors (Lipinski definition) is 2. The minimum atomic E-state index is 0.474. The van der Waals surface area contributed by atoms with E-state index in [1.165, 1.54) is 29.5 Å². The van der Waals surface area contributed by atoms with Gasteiger partial charge in [0.15, 0.2) is 0 Å². The van der Waals surface area contributed by atoms with Gasteiger partial charge in [-0.1, -0.05) is 54.6 Å².